The fraction of sp³-hybridized carbons (Fsp3) is 0.333. The Balaban J connectivity index is 1.57. The van der Waals surface area contributed by atoms with Crippen molar-refractivity contribution in [3.8, 4) is 0 Å². The molecule has 7 heteroatoms. The van der Waals surface area contributed by atoms with Crippen LogP contribution in [-0.4, -0.2) is 48.5 Å². The molecule has 1 aliphatic heterocycles. The third-order valence-corrected chi connectivity index (χ3v) is 6.37. The number of nitrogens with zero attached hydrogens (tertiary/aromatic N) is 2. The summed E-state index contributed by atoms with van der Waals surface area (Å²) in [4.78, 5) is 23.1. The van der Waals surface area contributed by atoms with Crippen LogP contribution in [0.4, 0.5) is 0 Å². The number of hydrogen-bond donors (Lipinski definition) is 1. The van der Waals surface area contributed by atoms with E-state index >= 15 is 0 Å². The van der Waals surface area contributed by atoms with E-state index in [4.69, 9.17) is 4.98 Å². The van der Waals surface area contributed by atoms with Crippen LogP contribution in [0.5, 0.6) is 0 Å². The maximum atomic E-state index is 13.0. The minimum absolute atomic E-state index is 0.137. The minimum atomic E-state index is -3.35. The zero-order valence-corrected chi connectivity index (χ0v) is 16.8. The molecule has 1 saturated heterocycles. The van der Waals surface area contributed by atoms with Gasteiger partial charge in [-0.25, -0.2) is 13.4 Å². The van der Waals surface area contributed by atoms with Crippen LogP contribution in [0.3, 0.4) is 0 Å². The predicted octanol–water partition coefficient (Wildman–Crippen LogP) is 3.29. The first-order valence-corrected chi connectivity index (χ1v) is 11.3. The number of H-pyrrole nitrogens is 1. The Morgan fingerprint density at radius 3 is 2.82 bits per heavy atom. The van der Waals surface area contributed by atoms with Gasteiger partial charge in [0.15, 0.2) is 9.84 Å². The van der Waals surface area contributed by atoms with E-state index in [0.717, 1.165) is 36.0 Å². The van der Waals surface area contributed by atoms with E-state index in [9.17, 15) is 13.2 Å². The van der Waals surface area contributed by atoms with Crippen LogP contribution in [-0.2, 0) is 9.84 Å². The Hall–Kier alpha value is -2.67. The number of imidazole rings is 1. The summed E-state index contributed by atoms with van der Waals surface area (Å²) < 4.78 is 23.6. The topological polar surface area (TPSA) is 83.1 Å². The van der Waals surface area contributed by atoms with E-state index in [1.54, 1.807) is 17.0 Å². The normalized spacial score (nSPS) is 17.8. The molecule has 1 aliphatic rings. The van der Waals surface area contributed by atoms with E-state index in [1.165, 1.54) is 17.7 Å². The SMILES string of the molecule is Cc1ccc2nc(C3CCCN(C(=O)c4cccc(S(C)(=O)=O)c4)C3)[nH]c2c1. The Morgan fingerprint density at radius 1 is 1.21 bits per heavy atom. The highest BCUT2D eigenvalue weighted by Crippen LogP contribution is 2.28. The lowest BCUT2D eigenvalue weighted by Crippen LogP contribution is -2.39. The summed E-state index contributed by atoms with van der Waals surface area (Å²) in [5, 5.41) is 0. The first-order chi connectivity index (χ1) is 13.3. The van der Waals surface area contributed by atoms with Crippen LogP contribution < -0.4 is 0 Å². The van der Waals surface area contributed by atoms with Crippen molar-refractivity contribution in [1.29, 1.82) is 0 Å². The predicted molar refractivity (Wildman–Crippen MR) is 108 cm³/mol. The molecule has 2 heterocycles. The summed E-state index contributed by atoms with van der Waals surface area (Å²) in [5.41, 5.74) is 3.53. The maximum absolute atomic E-state index is 13.0. The number of rotatable bonds is 3. The van der Waals surface area contributed by atoms with Crippen molar-refractivity contribution >= 4 is 26.8 Å². The lowest BCUT2D eigenvalue weighted by molar-refractivity contribution is 0.0704. The summed E-state index contributed by atoms with van der Waals surface area (Å²) in [6, 6.07) is 12.4. The second-order valence-corrected chi connectivity index (χ2v) is 9.55. The van der Waals surface area contributed by atoms with Gasteiger partial charge < -0.3 is 9.88 Å². The number of aromatic nitrogens is 2. The molecule has 3 aromatic rings. The fourth-order valence-corrected chi connectivity index (χ4v) is 4.43. The molecule has 1 amide bonds. The molecule has 4 rings (SSSR count). The molecule has 1 N–H and O–H groups in total. The van der Waals surface area contributed by atoms with Gasteiger partial charge in [0.25, 0.3) is 5.91 Å². The van der Waals surface area contributed by atoms with Gasteiger partial charge in [-0.05, 0) is 55.7 Å². The van der Waals surface area contributed by atoms with Crippen LogP contribution in [0.15, 0.2) is 47.4 Å². The summed E-state index contributed by atoms with van der Waals surface area (Å²) in [7, 11) is -3.35. The standard InChI is InChI=1S/C21H23N3O3S/c1-14-8-9-18-19(11-14)23-20(22-18)16-6-4-10-24(13-16)21(25)15-5-3-7-17(12-15)28(2,26)27/h3,5,7-9,11-12,16H,4,6,10,13H2,1-2H3,(H,22,23). The average molecular weight is 398 g/mol. The fourth-order valence-electron chi connectivity index (χ4n) is 3.76. The second kappa shape index (κ2) is 7.05. The Kier molecular flexibility index (Phi) is 4.71. The number of benzene rings is 2. The van der Waals surface area contributed by atoms with Gasteiger partial charge in [-0.3, -0.25) is 4.79 Å². The van der Waals surface area contributed by atoms with Crippen molar-refractivity contribution < 1.29 is 13.2 Å². The van der Waals surface area contributed by atoms with Gasteiger partial charge in [-0.1, -0.05) is 12.1 Å². The highest BCUT2D eigenvalue weighted by molar-refractivity contribution is 7.90. The molecule has 1 fully saturated rings. The first kappa shape index (κ1) is 18.7. The van der Waals surface area contributed by atoms with Gasteiger partial charge in [0.1, 0.15) is 5.82 Å². The van der Waals surface area contributed by atoms with Crippen molar-refractivity contribution in [1.82, 2.24) is 14.9 Å². The quantitative estimate of drug-likeness (QED) is 0.735. The molecule has 0 spiro atoms. The molecular formula is C21H23N3O3S. The van der Waals surface area contributed by atoms with Gasteiger partial charge in [0.05, 0.1) is 15.9 Å². The number of aromatic amines is 1. The first-order valence-electron chi connectivity index (χ1n) is 9.37. The molecular weight excluding hydrogens is 374 g/mol. The van der Waals surface area contributed by atoms with Gasteiger partial charge >= 0.3 is 0 Å². The van der Waals surface area contributed by atoms with Crippen LogP contribution in [0, 0.1) is 6.92 Å². The Labute approximate surface area is 164 Å². The molecule has 6 nitrogen and oxygen atoms in total. The lowest BCUT2D eigenvalue weighted by Gasteiger charge is -2.32. The number of amides is 1. The second-order valence-electron chi connectivity index (χ2n) is 7.53. The number of nitrogens with one attached hydrogen (secondary N) is 1. The number of hydrogen-bond acceptors (Lipinski definition) is 4. The zero-order chi connectivity index (χ0) is 19.9. The number of carbonyl (C=O) groups excluding carboxylic acids is 1. The lowest BCUT2D eigenvalue weighted by atomic mass is 9.96. The van der Waals surface area contributed by atoms with Gasteiger partial charge in [0, 0.05) is 30.8 Å². The molecule has 0 saturated carbocycles. The summed E-state index contributed by atoms with van der Waals surface area (Å²) >= 11 is 0. The largest absolute Gasteiger partial charge is 0.342 e. The van der Waals surface area contributed by atoms with Crippen molar-refractivity contribution in [2.24, 2.45) is 0 Å². The summed E-state index contributed by atoms with van der Waals surface area (Å²) in [5.74, 6) is 0.911. The van der Waals surface area contributed by atoms with Gasteiger partial charge in [-0.2, -0.15) is 0 Å². The molecule has 1 unspecified atom stereocenters. The summed E-state index contributed by atoms with van der Waals surface area (Å²) in [6.45, 7) is 3.28. The smallest absolute Gasteiger partial charge is 0.253 e. The molecule has 0 bridgehead atoms. The van der Waals surface area contributed by atoms with E-state index in [1.807, 2.05) is 19.1 Å². The van der Waals surface area contributed by atoms with Crippen molar-refractivity contribution in [3.05, 3.63) is 59.4 Å². The zero-order valence-electron chi connectivity index (χ0n) is 16.0. The minimum Gasteiger partial charge on any atom is -0.342 e. The third kappa shape index (κ3) is 3.67. The molecule has 0 radical (unpaired) electrons. The molecule has 2 aromatic carbocycles. The maximum Gasteiger partial charge on any atom is 0.253 e. The van der Waals surface area contributed by atoms with Crippen molar-refractivity contribution in [2.45, 2.75) is 30.6 Å². The average Bonchev–Trinajstić information content (AvgIpc) is 3.10. The number of aryl methyl sites for hydroxylation is 1. The monoisotopic (exact) mass is 397 g/mol. The Morgan fingerprint density at radius 2 is 2.04 bits per heavy atom. The van der Waals surface area contributed by atoms with E-state index < -0.39 is 9.84 Å². The number of sulfone groups is 1. The van der Waals surface area contributed by atoms with Crippen LogP contribution in [0.2, 0.25) is 0 Å². The number of piperidine rings is 1. The molecule has 1 aromatic heterocycles. The number of likely N-dealkylation sites (tertiary alicyclic amines) is 1. The van der Waals surface area contributed by atoms with Gasteiger partial charge in [0.2, 0.25) is 0 Å². The highest BCUT2D eigenvalue weighted by atomic mass is 32.2. The molecule has 28 heavy (non-hydrogen) atoms. The van der Waals surface area contributed by atoms with E-state index in [0.29, 0.717) is 18.7 Å². The van der Waals surface area contributed by atoms with Crippen LogP contribution >= 0.6 is 0 Å². The highest BCUT2D eigenvalue weighted by Gasteiger charge is 2.27. The third-order valence-electron chi connectivity index (χ3n) is 5.26. The van der Waals surface area contributed by atoms with E-state index in [-0.39, 0.29) is 16.7 Å². The Bertz CT molecular complexity index is 1150. The number of fused-ring (bicyclic) bond motifs is 1. The molecule has 146 valence electrons. The molecule has 0 aliphatic carbocycles. The summed E-state index contributed by atoms with van der Waals surface area (Å²) in [6.07, 6.45) is 3.00. The van der Waals surface area contributed by atoms with Crippen LogP contribution in [0.1, 0.15) is 40.5 Å². The van der Waals surface area contributed by atoms with Crippen molar-refractivity contribution in [3.63, 3.8) is 0 Å². The van der Waals surface area contributed by atoms with Crippen molar-refractivity contribution in [2.75, 3.05) is 19.3 Å². The van der Waals surface area contributed by atoms with Gasteiger partial charge in [-0.15, -0.1) is 0 Å². The van der Waals surface area contributed by atoms with E-state index in [2.05, 4.69) is 11.1 Å². The molecule has 1 atom stereocenters. The number of carbonyl (C=O) groups is 1. The van der Waals surface area contributed by atoms with Crippen LogP contribution in [0.25, 0.3) is 11.0 Å².